The number of nitrogens with zero attached hydrogens (tertiary/aromatic N) is 3. The predicted molar refractivity (Wildman–Crippen MR) is 150 cm³/mol. The molecule has 42 heavy (non-hydrogen) atoms. The molecule has 11 heteroatoms. The van der Waals surface area contributed by atoms with E-state index in [9.17, 15) is 24.5 Å². The van der Waals surface area contributed by atoms with Gasteiger partial charge in [0, 0.05) is 12.1 Å². The van der Waals surface area contributed by atoms with Gasteiger partial charge in [-0.25, -0.2) is 14.8 Å². The van der Waals surface area contributed by atoms with Gasteiger partial charge in [-0.1, -0.05) is 42.5 Å². The largest absolute Gasteiger partial charge is 0.493 e. The highest BCUT2D eigenvalue weighted by Crippen LogP contribution is 2.48. The molecule has 0 bridgehead atoms. The van der Waals surface area contributed by atoms with Crippen LogP contribution in [0.5, 0.6) is 11.5 Å². The lowest BCUT2D eigenvalue weighted by Crippen LogP contribution is -2.37. The zero-order valence-corrected chi connectivity index (χ0v) is 22.2. The Morgan fingerprint density at radius 2 is 1.50 bits per heavy atom. The Bertz CT molecular complexity index is 1680. The number of carbonyl (C=O) groups excluding carboxylic acids is 3. The average molecular weight is 566 g/mol. The van der Waals surface area contributed by atoms with Gasteiger partial charge >= 0.3 is 5.97 Å². The Morgan fingerprint density at radius 1 is 0.833 bits per heavy atom. The number of nitro benzene ring substituents is 1. The van der Waals surface area contributed by atoms with Crippen LogP contribution >= 0.6 is 0 Å². The summed E-state index contributed by atoms with van der Waals surface area (Å²) in [4.78, 5) is 57.8. The van der Waals surface area contributed by atoms with Crippen molar-refractivity contribution in [2.75, 3.05) is 17.1 Å². The number of hydroxylamine groups is 1. The Morgan fingerprint density at radius 3 is 2.14 bits per heavy atom. The first-order chi connectivity index (χ1) is 20.4. The molecule has 0 N–H and O–H groups in total. The van der Waals surface area contributed by atoms with Crippen molar-refractivity contribution >= 4 is 34.8 Å². The first kappa shape index (κ1) is 26.7. The van der Waals surface area contributed by atoms with Crippen molar-refractivity contribution in [2.24, 2.45) is 5.92 Å². The standard InChI is InChI=1S/C31H23N3O8/c1-40-25-18-20(12-17-24(25)41-31(37)19-8-4-2-5-9-19)27-26-28(42-33(27)22-10-6-3-7-11-22)30(36)32(29(26)35)21-13-15-23(16-14-21)34(38)39/h2-18,26-28H,1H3/t26-,27-,28+/m1/s1. The Kier molecular flexibility index (Phi) is 6.85. The number of anilines is 2. The van der Waals surface area contributed by atoms with E-state index < -0.39 is 40.8 Å². The van der Waals surface area contributed by atoms with Crippen LogP contribution in [0.15, 0.2) is 103 Å². The fourth-order valence-electron chi connectivity index (χ4n) is 5.22. The fourth-order valence-corrected chi connectivity index (χ4v) is 5.22. The summed E-state index contributed by atoms with van der Waals surface area (Å²) in [5.41, 5.74) is 1.61. The van der Waals surface area contributed by atoms with E-state index in [-0.39, 0.29) is 22.9 Å². The second-order valence-electron chi connectivity index (χ2n) is 9.61. The average Bonchev–Trinajstić information content (AvgIpc) is 3.53. The van der Waals surface area contributed by atoms with Gasteiger partial charge in [0.25, 0.3) is 11.6 Å². The van der Waals surface area contributed by atoms with Gasteiger partial charge < -0.3 is 9.47 Å². The van der Waals surface area contributed by atoms with E-state index in [1.807, 2.05) is 18.2 Å². The van der Waals surface area contributed by atoms with E-state index in [1.54, 1.807) is 60.7 Å². The van der Waals surface area contributed by atoms with Gasteiger partial charge in [0.2, 0.25) is 5.91 Å². The van der Waals surface area contributed by atoms with Crippen molar-refractivity contribution in [3.8, 4) is 11.5 Å². The summed E-state index contributed by atoms with van der Waals surface area (Å²) < 4.78 is 11.1. The van der Waals surface area contributed by atoms with Gasteiger partial charge in [-0.3, -0.25) is 24.5 Å². The van der Waals surface area contributed by atoms with Crippen LogP contribution in [0.25, 0.3) is 0 Å². The minimum Gasteiger partial charge on any atom is -0.493 e. The molecular weight excluding hydrogens is 542 g/mol. The van der Waals surface area contributed by atoms with Crippen LogP contribution in [0.4, 0.5) is 17.1 Å². The van der Waals surface area contributed by atoms with Gasteiger partial charge in [0.05, 0.1) is 35.0 Å². The highest BCUT2D eigenvalue weighted by molar-refractivity contribution is 6.24. The highest BCUT2D eigenvalue weighted by Gasteiger charge is 2.60. The number of para-hydroxylation sites is 1. The van der Waals surface area contributed by atoms with Crippen molar-refractivity contribution in [1.29, 1.82) is 0 Å². The molecule has 0 saturated carbocycles. The number of imide groups is 1. The third kappa shape index (κ3) is 4.61. The highest BCUT2D eigenvalue weighted by atomic mass is 16.7. The second kappa shape index (κ2) is 10.8. The third-order valence-electron chi connectivity index (χ3n) is 7.19. The Labute approximate surface area is 239 Å². The molecule has 0 aliphatic carbocycles. The van der Waals surface area contributed by atoms with E-state index in [2.05, 4.69) is 0 Å². The van der Waals surface area contributed by atoms with Crippen molar-refractivity contribution in [2.45, 2.75) is 12.1 Å². The lowest BCUT2D eigenvalue weighted by molar-refractivity contribution is -0.384. The quantitative estimate of drug-likeness (QED) is 0.101. The van der Waals surface area contributed by atoms with Gasteiger partial charge in [-0.2, -0.15) is 0 Å². The smallest absolute Gasteiger partial charge is 0.343 e. The molecule has 210 valence electrons. The van der Waals surface area contributed by atoms with Crippen molar-refractivity contribution in [1.82, 2.24) is 0 Å². The summed E-state index contributed by atoms with van der Waals surface area (Å²) in [6, 6.07) is 26.9. The molecule has 0 aromatic heterocycles. The molecule has 2 aliphatic rings. The number of methoxy groups -OCH3 is 1. The maximum atomic E-state index is 13.9. The number of fused-ring (bicyclic) bond motifs is 1. The van der Waals surface area contributed by atoms with Gasteiger partial charge in [-0.15, -0.1) is 0 Å². The molecule has 4 aromatic carbocycles. The number of rotatable bonds is 7. The maximum absolute atomic E-state index is 13.9. The van der Waals surface area contributed by atoms with Crippen molar-refractivity contribution in [3.05, 3.63) is 124 Å². The third-order valence-corrected chi connectivity index (χ3v) is 7.19. The SMILES string of the molecule is COc1cc([C@@H]2[C@H]3C(=O)N(c4ccc([N+](=O)[O-])cc4)C(=O)[C@H]3ON2c2ccccc2)ccc1OC(=O)c1ccccc1. The van der Waals surface area contributed by atoms with Gasteiger partial charge in [0.1, 0.15) is 5.92 Å². The normalized spacial score (nSPS) is 19.5. The number of carbonyl (C=O) groups is 3. The lowest BCUT2D eigenvalue weighted by atomic mass is 9.90. The number of hydrogen-bond donors (Lipinski definition) is 0. The molecule has 2 heterocycles. The minimum atomic E-state index is -1.14. The number of ether oxygens (including phenoxy) is 2. The zero-order chi connectivity index (χ0) is 29.4. The number of esters is 1. The summed E-state index contributed by atoms with van der Waals surface area (Å²) in [6.07, 6.45) is -1.14. The van der Waals surface area contributed by atoms with Gasteiger partial charge in [0.15, 0.2) is 17.6 Å². The van der Waals surface area contributed by atoms with Crippen LogP contribution < -0.4 is 19.4 Å². The molecule has 2 aliphatic heterocycles. The summed E-state index contributed by atoms with van der Waals surface area (Å²) in [7, 11) is 1.43. The van der Waals surface area contributed by atoms with Gasteiger partial charge in [-0.05, 0) is 54.1 Å². The summed E-state index contributed by atoms with van der Waals surface area (Å²) >= 11 is 0. The summed E-state index contributed by atoms with van der Waals surface area (Å²) in [6.45, 7) is 0. The second-order valence-corrected chi connectivity index (χ2v) is 9.61. The van der Waals surface area contributed by atoms with Crippen LogP contribution in [-0.4, -0.2) is 35.9 Å². The maximum Gasteiger partial charge on any atom is 0.343 e. The minimum absolute atomic E-state index is 0.164. The zero-order valence-electron chi connectivity index (χ0n) is 22.2. The number of hydrogen-bond acceptors (Lipinski definition) is 9. The molecule has 2 fully saturated rings. The fraction of sp³-hybridized carbons (Fsp3) is 0.129. The molecule has 11 nitrogen and oxygen atoms in total. The van der Waals surface area contributed by atoms with Crippen LogP contribution in [0.3, 0.4) is 0 Å². The van der Waals surface area contributed by atoms with Crippen molar-refractivity contribution in [3.63, 3.8) is 0 Å². The predicted octanol–water partition coefficient (Wildman–Crippen LogP) is 4.87. The monoisotopic (exact) mass is 565 g/mol. The van der Waals surface area contributed by atoms with E-state index in [4.69, 9.17) is 14.3 Å². The van der Waals surface area contributed by atoms with Crippen molar-refractivity contribution < 1.29 is 33.6 Å². The topological polar surface area (TPSA) is 129 Å². The number of non-ortho nitro benzene ring substituents is 1. The Balaban J connectivity index is 1.37. The van der Waals surface area contributed by atoms with E-state index >= 15 is 0 Å². The molecule has 4 aromatic rings. The molecule has 6 rings (SSSR count). The van der Waals surface area contributed by atoms with E-state index in [1.165, 1.54) is 36.4 Å². The Hall–Kier alpha value is -5.55. The number of amides is 2. The molecule has 0 unspecified atom stereocenters. The molecule has 3 atom stereocenters. The number of nitro groups is 1. The summed E-state index contributed by atoms with van der Waals surface area (Å²) in [5, 5.41) is 12.6. The van der Waals surface area contributed by atoms with Crippen LogP contribution in [0.1, 0.15) is 22.0 Å². The molecule has 2 saturated heterocycles. The molecular formula is C31H23N3O8. The molecule has 0 radical (unpaired) electrons. The first-order valence-electron chi connectivity index (χ1n) is 13.0. The lowest BCUT2D eigenvalue weighted by Gasteiger charge is -2.29. The first-order valence-corrected chi connectivity index (χ1v) is 13.0. The molecule has 0 spiro atoms. The van der Waals surface area contributed by atoms with E-state index in [0.717, 1.165) is 4.90 Å². The van der Waals surface area contributed by atoms with E-state index in [0.29, 0.717) is 16.8 Å². The van der Waals surface area contributed by atoms with Crippen LogP contribution in [0, 0.1) is 16.0 Å². The number of benzene rings is 4. The molecule has 2 amide bonds. The van der Waals surface area contributed by atoms with Crippen LogP contribution in [-0.2, 0) is 14.4 Å². The van der Waals surface area contributed by atoms with Crippen LogP contribution in [0.2, 0.25) is 0 Å². The summed E-state index contributed by atoms with van der Waals surface area (Å²) in [5.74, 6) is -2.18.